The highest BCUT2D eigenvalue weighted by Gasteiger charge is 2.58. The molecule has 2 amide bonds. The molecule has 7 nitrogen and oxygen atoms in total. The van der Waals surface area contributed by atoms with Crippen LogP contribution in [-0.2, 0) is 10.2 Å². The van der Waals surface area contributed by atoms with E-state index in [1.807, 2.05) is 18.7 Å². The highest BCUT2D eigenvalue weighted by Crippen LogP contribution is 2.50. The number of halogens is 1. The number of nitrogens with zero attached hydrogens (tertiary/aromatic N) is 3. The molecule has 1 N–H and O–H groups in total. The average Bonchev–Trinajstić information content (AvgIpc) is 3.35. The summed E-state index contributed by atoms with van der Waals surface area (Å²) in [5.41, 5.74) is 0.333. The van der Waals surface area contributed by atoms with Crippen LogP contribution in [0.5, 0.6) is 0 Å². The first-order chi connectivity index (χ1) is 14.2. The van der Waals surface area contributed by atoms with Crippen molar-refractivity contribution in [2.45, 2.75) is 52.0 Å². The number of nitrogens with one attached hydrogen (secondary N) is 1. The number of fused-ring (bicyclic) bond motifs is 1. The van der Waals surface area contributed by atoms with Crippen LogP contribution in [0.4, 0.5) is 4.39 Å². The molecular formula is C22H27FN4O3. The van der Waals surface area contributed by atoms with Crippen LogP contribution < -0.4 is 5.32 Å². The molecule has 2 aliphatic rings. The van der Waals surface area contributed by atoms with E-state index in [2.05, 4.69) is 15.5 Å². The lowest BCUT2D eigenvalue weighted by atomic mass is 9.80. The van der Waals surface area contributed by atoms with Gasteiger partial charge in [-0.25, -0.2) is 4.39 Å². The maximum atomic E-state index is 13.9. The first kappa shape index (κ1) is 20.5. The van der Waals surface area contributed by atoms with E-state index in [9.17, 15) is 14.0 Å². The van der Waals surface area contributed by atoms with Gasteiger partial charge in [-0.05, 0) is 50.3 Å². The molecular weight excluding hydrogens is 387 g/mol. The smallest absolute Gasteiger partial charge is 0.251 e. The van der Waals surface area contributed by atoms with Gasteiger partial charge in [-0.2, -0.15) is 4.98 Å². The lowest BCUT2D eigenvalue weighted by Crippen LogP contribution is -2.40. The van der Waals surface area contributed by atoms with E-state index in [0.29, 0.717) is 48.8 Å². The van der Waals surface area contributed by atoms with Crippen LogP contribution in [0.15, 0.2) is 22.7 Å². The fraction of sp³-hybridized carbons (Fsp3) is 0.545. The fourth-order valence-electron chi connectivity index (χ4n) is 4.85. The number of carbonyl (C=O) groups is 2. The molecule has 2 fully saturated rings. The summed E-state index contributed by atoms with van der Waals surface area (Å²) >= 11 is 0. The molecule has 1 aliphatic carbocycles. The summed E-state index contributed by atoms with van der Waals surface area (Å²) in [4.78, 5) is 31.7. The number of likely N-dealkylation sites (tertiary alicyclic amines) is 1. The fourth-order valence-corrected chi connectivity index (χ4v) is 4.85. The second-order valence-corrected chi connectivity index (χ2v) is 8.95. The van der Waals surface area contributed by atoms with Crippen molar-refractivity contribution < 1.29 is 18.5 Å². The Balaban J connectivity index is 1.55. The summed E-state index contributed by atoms with van der Waals surface area (Å²) in [5, 5.41) is 6.99. The predicted molar refractivity (Wildman–Crippen MR) is 107 cm³/mol. The molecule has 0 spiro atoms. The lowest BCUT2D eigenvalue weighted by Gasteiger charge is -2.26. The lowest BCUT2D eigenvalue weighted by molar-refractivity contribution is -0.133. The number of aryl methyl sites for hydroxylation is 2. The summed E-state index contributed by atoms with van der Waals surface area (Å²) in [6.45, 7) is 8.32. The zero-order valence-electron chi connectivity index (χ0n) is 17.7. The van der Waals surface area contributed by atoms with Crippen LogP contribution in [-0.4, -0.2) is 46.0 Å². The molecule has 160 valence electrons. The quantitative estimate of drug-likeness (QED) is 0.831. The van der Waals surface area contributed by atoms with Crippen molar-refractivity contribution in [3.05, 3.63) is 46.9 Å². The molecule has 8 heteroatoms. The SMILES string of the molecule is Cc1noc([C@]23C[C@H](NC(=O)c4ccc(C)c(F)c4)CC2CN(C(=O)C(C)C)C3)n1. The van der Waals surface area contributed by atoms with Gasteiger partial charge in [0, 0.05) is 30.6 Å². The maximum absolute atomic E-state index is 13.9. The first-order valence-corrected chi connectivity index (χ1v) is 10.4. The number of aromatic nitrogens is 2. The van der Waals surface area contributed by atoms with E-state index in [1.54, 1.807) is 26.0 Å². The van der Waals surface area contributed by atoms with Gasteiger partial charge < -0.3 is 14.7 Å². The highest BCUT2D eigenvalue weighted by atomic mass is 19.1. The summed E-state index contributed by atoms with van der Waals surface area (Å²) in [6, 6.07) is 4.38. The minimum Gasteiger partial charge on any atom is -0.349 e. The Morgan fingerprint density at radius 3 is 2.73 bits per heavy atom. The molecule has 1 saturated carbocycles. The van der Waals surface area contributed by atoms with E-state index in [1.165, 1.54) is 6.07 Å². The Bertz CT molecular complexity index is 989. The highest BCUT2D eigenvalue weighted by molar-refractivity contribution is 5.94. The maximum Gasteiger partial charge on any atom is 0.251 e. The van der Waals surface area contributed by atoms with E-state index in [0.717, 1.165) is 0 Å². The van der Waals surface area contributed by atoms with Crippen molar-refractivity contribution in [2.75, 3.05) is 13.1 Å². The van der Waals surface area contributed by atoms with Crippen molar-refractivity contribution in [1.29, 1.82) is 0 Å². The van der Waals surface area contributed by atoms with Gasteiger partial charge in [0.2, 0.25) is 11.8 Å². The van der Waals surface area contributed by atoms with Crippen molar-refractivity contribution >= 4 is 11.8 Å². The van der Waals surface area contributed by atoms with Gasteiger partial charge in [-0.3, -0.25) is 9.59 Å². The van der Waals surface area contributed by atoms with E-state index >= 15 is 0 Å². The minimum atomic E-state index is -0.470. The Labute approximate surface area is 175 Å². The van der Waals surface area contributed by atoms with Gasteiger partial charge >= 0.3 is 0 Å². The minimum absolute atomic E-state index is 0.0859. The molecule has 30 heavy (non-hydrogen) atoms. The Kier molecular flexibility index (Phi) is 5.11. The molecule has 1 unspecified atom stereocenters. The largest absolute Gasteiger partial charge is 0.349 e. The standard InChI is InChI=1S/C22H27FN4O3/c1-12(2)20(29)27-10-16-8-17(9-22(16,11-27)21-24-14(4)26-30-21)25-19(28)15-6-5-13(3)18(23)7-15/h5-7,12,16-17H,8-11H2,1-4H3,(H,25,28)/t16?,17-,22+/m1/s1. The normalized spacial score (nSPS) is 25.6. The number of rotatable bonds is 4. The Hall–Kier alpha value is -2.77. The van der Waals surface area contributed by atoms with Crippen LogP contribution in [0.3, 0.4) is 0 Å². The number of carbonyl (C=O) groups excluding carboxylic acids is 2. The van der Waals surface area contributed by atoms with Gasteiger partial charge in [0.05, 0.1) is 5.41 Å². The molecule has 2 aromatic rings. The number of amides is 2. The van der Waals surface area contributed by atoms with Crippen LogP contribution in [0, 0.1) is 31.5 Å². The molecule has 3 atom stereocenters. The van der Waals surface area contributed by atoms with Gasteiger partial charge in [0.15, 0.2) is 5.82 Å². The number of hydrogen-bond acceptors (Lipinski definition) is 5. The first-order valence-electron chi connectivity index (χ1n) is 10.4. The van der Waals surface area contributed by atoms with Gasteiger partial charge in [0.1, 0.15) is 5.82 Å². The van der Waals surface area contributed by atoms with Crippen LogP contribution in [0.25, 0.3) is 0 Å². The van der Waals surface area contributed by atoms with Gasteiger partial charge in [-0.1, -0.05) is 25.1 Å². The third-order valence-corrected chi connectivity index (χ3v) is 6.40. The van der Waals surface area contributed by atoms with Crippen LogP contribution in [0.1, 0.15) is 54.3 Å². The molecule has 1 saturated heterocycles. The summed E-state index contributed by atoms with van der Waals surface area (Å²) < 4.78 is 19.4. The second kappa shape index (κ2) is 7.49. The van der Waals surface area contributed by atoms with E-state index < -0.39 is 11.2 Å². The molecule has 2 heterocycles. The number of benzene rings is 1. The molecule has 1 aromatic carbocycles. The predicted octanol–water partition coefficient (Wildman–Crippen LogP) is 2.77. The molecule has 1 aromatic heterocycles. The molecule has 0 bridgehead atoms. The molecule has 1 aliphatic heterocycles. The summed E-state index contributed by atoms with van der Waals surface area (Å²) in [7, 11) is 0. The monoisotopic (exact) mass is 414 g/mol. The topological polar surface area (TPSA) is 88.3 Å². The average molecular weight is 414 g/mol. The van der Waals surface area contributed by atoms with Crippen molar-refractivity contribution in [3.63, 3.8) is 0 Å². The summed E-state index contributed by atoms with van der Waals surface area (Å²) in [5.74, 6) is 0.516. The Morgan fingerprint density at radius 1 is 1.33 bits per heavy atom. The third-order valence-electron chi connectivity index (χ3n) is 6.40. The number of hydrogen-bond donors (Lipinski definition) is 1. The van der Waals surface area contributed by atoms with Crippen molar-refractivity contribution in [3.8, 4) is 0 Å². The second-order valence-electron chi connectivity index (χ2n) is 8.95. The summed E-state index contributed by atoms with van der Waals surface area (Å²) in [6.07, 6.45) is 1.30. The zero-order valence-corrected chi connectivity index (χ0v) is 17.7. The van der Waals surface area contributed by atoms with Gasteiger partial charge in [0.25, 0.3) is 5.91 Å². The van der Waals surface area contributed by atoms with Crippen LogP contribution in [0.2, 0.25) is 0 Å². The molecule has 4 rings (SSSR count). The van der Waals surface area contributed by atoms with E-state index in [-0.39, 0.29) is 29.7 Å². The zero-order chi connectivity index (χ0) is 21.6. The third kappa shape index (κ3) is 3.48. The van der Waals surface area contributed by atoms with Crippen molar-refractivity contribution in [1.82, 2.24) is 20.4 Å². The van der Waals surface area contributed by atoms with Crippen LogP contribution >= 0.6 is 0 Å². The molecule has 0 radical (unpaired) electrons. The van der Waals surface area contributed by atoms with Crippen molar-refractivity contribution in [2.24, 2.45) is 11.8 Å². The Morgan fingerprint density at radius 2 is 2.10 bits per heavy atom. The van der Waals surface area contributed by atoms with Gasteiger partial charge in [-0.15, -0.1) is 0 Å². The van der Waals surface area contributed by atoms with E-state index in [4.69, 9.17) is 4.52 Å².